The van der Waals surface area contributed by atoms with Gasteiger partial charge in [0, 0.05) is 6.21 Å². The fourth-order valence-corrected chi connectivity index (χ4v) is 1.81. The Morgan fingerprint density at radius 3 is 2.13 bits per heavy atom. The first-order valence-electron chi connectivity index (χ1n) is 5.55. The lowest BCUT2D eigenvalue weighted by Gasteiger charge is -2.12. The van der Waals surface area contributed by atoms with Gasteiger partial charge in [-0.25, -0.2) is 0 Å². The summed E-state index contributed by atoms with van der Waals surface area (Å²) in [4.78, 5) is 4.39. The normalized spacial score (nSPS) is 17.5. The van der Waals surface area contributed by atoms with Gasteiger partial charge in [-0.15, -0.1) is 0 Å². The molecular formula is C14H19N. The van der Waals surface area contributed by atoms with Crippen LogP contribution in [0.4, 0.5) is 0 Å². The van der Waals surface area contributed by atoms with Crippen LogP contribution < -0.4 is 0 Å². The van der Waals surface area contributed by atoms with Crippen molar-refractivity contribution in [3.63, 3.8) is 0 Å². The zero-order valence-corrected chi connectivity index (χ0v) is 9.99. The van der Waals surface area contributed by atoms with E-state index in [1.54, 1.807) is 0 Å². The van der Waals surface area contributed by atoms with Crippen molar-refractivity contribution in [3.05, 3.63) is 47.0 Å². The predicted octanol–water partition coefficient (Wildman–Crippen LogP) is 4.01. The number of aryl methyl sites for hydroxylation is 2. The number of benzene rings is 1. The SMILES string of the molecule is CC.Cc1cccc(C)c1C1C=CC=N1. The summed E-state index contributed by atoms with van der Waals surface area (Å²) in [5.74, 6) is 0. The molecule has 0 amide bonds. The highest BCUT2D eigenvalue weighted by atomic mass is 14.8. The fourth-order valence-electron chi connectivity index (χ4n) is 1.81. The second kappa shape index (κ2) is 5.50. The second-order valence-corrected chi connectivity index (χ2v) is 3.43. The number of rotatable bonds is 1. The van der Waals surface area contributed by atoms with Crippen LogP contribution in [0.3, 0.4) is 0 Å². The van der Waals surface area contributed by atoms with Crippen LogP contribution in [0.25, 0.3) is 0 Å². The molecule has 1 atom stereocenters. The van der Waals surface area contributed by atoms with E-state index in [0.29, 0.717) is 0 Å². The Morgan fingerprint density at radius 2 is 1.67 bits per heavy atom. The van der Waals surface area contributed by atoms with Crippen LogP contribution in [0.1, 0.15) is 36.6 Å². The van der Waals surface area contributed by atoms with Gasteiger partial charge >= 0.3 is 0 Å². The second-order valence-electron chi connectivity index (χ2n) is 3.43. The highest BCUT2D eigenvalue weighted by Crippen LogP contribution is 2.27. The van der Waals surface area contributed by atoms with E-state index < -0.39 is 0 Å². The van der Waals surface area contributed by atoms with Crippen molar-refractivity contribution in [1.82, 2.24) is 0 Å². The number of nitrogens with zero attached hydrogens (tertiary/aromatic N) is 1. The lowest BCUT2D eigenvalue weighted by Crippen LogP contribution is -1.96. The van der Waals surface area contributed by atoms with Crippen molar-refractivity contribution in [2.45, 2.75) is 33.7 Å². The Hall–Kier alpha value is -1.37. The molecule has 0 saturated heterocycles. The van der Waals surface area contributed by atoms with Gasteiger partial charge in [0.2, 0.25) is 0 Å². The Morgan fingerprint density at radius 1 is 1.07 bits per heavy atom. The molecule has 1 heterocycles. The minimum atomic E-state index is 0.251. The molecule has 1 aromatic carbocycles. The molecule has 0 fully saturated rings. The van der Waals surface area contributed by atoms with Gasteiger partial charge in [-0.05, 0) is 36.6 Å². The van der Waals surface area contributed by atoms with Gasteiger partial charge in [0.05, 0.1) is 6.04 Å². The van der Waals surface area contributed by atoms with E-state index in [9.17, 15) is 0 Å². The first kappa shape index (κ1) is 11.7. The van der Waals surface area contributed by atoms with Crippen molar-refractivity contribution in [2.75, 3.05) is 0 Å². The number of hydrogen-bond donors (Lipinski definition) is 0. The van der Waals surface area contributed by atoms with Crippen LogP contribution in [-0.2, 0) is 0 Å². The highest BCUT2D eigenvalue weighted by molar-refractivity contribution is 5.74. The van der Waals surface area contributed by atoms with Crippen LogP contribution in [-0.4, -0.2) is 6.21 Å². The predicted molar refractivity (Wildman–Crippen MR) is 67.6 cm³/mol. The van der Waals surface area contributed by atoms with E-state index in [0.717, 1.165) is 0 Å². The lowest BCUT2D eigenvalue weighted by molar-refractivity contribution is 0.909. The Kier molecular flexibility index (Phi) is 4.29. The monoisotopic (exact) mass is 201 g/mol. The molecule has 1 nitrogen and oxygen atoms in total. The third-order valence-corrected chi connectivity index (χ3v) is 2.46. The summed E-state index contributed by atoms with van der Waals surface area (Å²) in [6.45, 7) is 8.29. The molecular weight excluding hydrogens is 182 g/mol. The largest absolute Gasteiger partial charge is 0.281 e. The number of hydrogen-bond acceptors (Lipinski definition) is 1. The van der Waals surface area contributed by atoms with Gasteiger partial charge in [0.1, 0.15) is 0 Å². The van der Waals surface area contributed by atoms with Gasteiger partial charge < -0.3 is 0 Å². The summed E-state index contributed by atoms with van der Waals surface area (Å²) in [5.41, 5.74) is 4.01. The standard InChI is InChI=1S/C12H13N.C2H6/c1-9-5-3-6-10(2)12(9)11-7-4-8-13-11;1-2/h3-8,11H,1-2H3;1-2H3. The zero-order valence-electron chi connectivity index (χ0n) is 9.99. The molecule has 1 aliphatic heterocycles. The van der Waals surface area contributed by atoms with E-state index in [4.69, 9.17) is 0 Å². The van der Waals surface area contributed by atoms with E-state index in [2.05, 4.69) is 43.1 Å². The summed E-state index contributed by atoms with van der Waals surface area (Å²) in [7, 11) is 0. The molecule has 1 heteroatoms. The maximum atomic E-state index is 4.39. The first-order chi connectivity index (χ1) is 7.29. The highest BCUT2D eigenvalue weighted by Gasteiger charge is 2.12. The summed E-state index contributed by atoms with van der Waals surface area (Å²) >= 11 is 0. The fraction of sp³-hybridized carbons (Fsp3) is 0.357. The molecule has 0 spiro atoms. The van der Waals surface area contributed by atoms with E-state index in [1.165, 1.54) is 16.7 Å². The Balaban J connectivity index is 0.000000531. The van der Waals surface area contributed by atoms with Gasteiger partial charge in [-0.1, -0.05) is 38.1 Å². The van der Waals surface area contributed by atoms with Crippen molar-refractivity contribution in [3.8, 4) is 0 Å². The topological polar surface area (TPSA) is 12.4 Å². The van der Waals surface area contributed by atoms with Crippen LogP contribution in [0.15, 0.2) is 35.3 Å². The molecule has 0 aromatic heterocycles. The summed E-state index contributed by atoms with van der Waals surface area (Å²) in [6, 6.07) is 6.63. The molecule has 0 radical (unpaired) electrons. The van der Waals surface area contributed by atoms with Gasteiger partial charge in [0.25, 0.3) is 0 Å². The lowest BCUT2D eigenvalue weighted by atomic mass is 9.97. The van der Waals surface area contributed by atoms with Crippen molar-refractivity contribution >= 4 is 6.21 Å². The van der Waals surface area contributed by atoms with E-state index in [1.807, 2.05) is 26.1 Å². The molecule has 15 heavy (non-hydrogen) atoms. The maximum Gasteiger partial charge on any atom is 0.0938 e. The molecule has 0 bridgehead atoms. The molecule has 1 aliphatic rings. The molecule has 0 aliphatic carbocycles. The van der Waals surface area contributed by atoms with Gasteiger partial charge in [-0.2, -0.15) is 0 Å². The summed E-state index contributed by atoms with van der Waals surface area (Å²) < 4.78 is 0. The third kappa shape index (κ3) is 2.56. The van der Waals surface area contributed by atoms with E-state index >= 15 is 0 Å². The van der Waals surface area contributed by atoms with Gasteiger partial charge in [0.15, 0.2) is 0 Å². The van der Waals surface area contributed by atoms with Crippen LogP contribution >= 0.6 is 0 Å². The molecule has 0 N–H and O–H groups in total. The third-order valence-electron chi connectivity index (χ3n) is 2.46. The summed E-state index contributed by atoms with van der Waals surface area (Å²) in [6.07, 6.45) is 6.02. The molecule has 2 rings (SSSR count). The van der Waals surface area contributed by atoms with Crippen LogP contribution in [0.2, 0.25) is 0 Å². The summed E-state index contributed by atoms with van der Waals surface area (Å²) in [5, 5.41) is 0. The average Bonchev–Trinajstić information content (AvgIpc) is 2.74. The van der Waals surface area contributed by atoms with Crippen molar-refractivity contribution in [1.29, 1.82) is 0 Å². The number of aliphatic imine (C=N–C) groups is 1. The number of allylic oxidation sites excluding steroid dienone is 1. The van der Waals surface area contributed by atoms with Crippen molar-refractivity contribution in [2.24, 2.45) is 4.99 Å². The quantitative estimate of drug-likeness (QED) is 0.651. The average molecular weight is 201 g/mol. The molecule has 80 valence electrons. The molecule has 0 saturated carbocycles. The Bertz CT molecular complexity index is 343. The minimum absolute atomic E-state index is 0.251. The first-order valence-corrected chi connectivity index (χ1v) is 5.55. The molecule has 1 unspecified atom stereocenters. The maximum absolute atomic E-state index is 4.39. The smallest absolute Gasteiger partial charge is 0.0938 e. The Labute approximate surface area is 92.6 Å². The zero-order chi connectivity index (χ0) is 11.3. The van der Waals surface area contributed by atoms with Crippen molar-refractivity contribution < 1.29 is 0 Å². The molecule has 1 aromatic rings. The van der Waals surface area contributed by atoms with Crippen LogP contribution in [0.5, 0.6) is 0 Å². The van der Waals surface area contributed by atoms with Gasteiger partial charge in [-0.3, -0.25) is 4.99 Å². The minimum Gasteiger partial charge on any atom is -0.281 e. The van der Waals surface area contributed by atoms with E-state index in [-0.39, 0.29) is 6.04 Å². The van der Waals surface area contributed by atoms with Crippen LogP contribution in [0, 0.1) is 13.8 Å².